The first-order valence-corrected chi connectivity index (χ1v) is 10.3. The zero-order valence-corrected chi connectivity index (χ0v) is 18.0. The number of ether oxygens (including phenoxy) is 3. The zero-order valence-electron chi connectivity index (χ0n) is 18.0. The van der Waals surface area contributed by atoms with Crippen molar-refractivity contribution >= 4 is 5.96 Å². The van der Waals surface area contributed by atoms with Crippen molar-refractivity contribution in [2.45, 2.75) is 39.8 Å². The normalized spacial score (nSPS) is 19.2. The van der Waals surface area contributed by atoms with Crippen LogP contribution >= 0.6 is 0 Å². The van der Waals surface area contributed by atoms with Gasteiger partial charge in [0.2, 0.25) is 0 Å². The fourth-order valence-electron chi connectivity index (χ4n) is 3.12. The van der Waals surface area contributed by atoms with Crippen molar-refractivity contribution in [1.82, 2.24) is 15.5 Å². The Morgan fingerprint density at radius 1 is 1.25 bits per heavy atom. The van der Waals surface area contributed by atoms with E-state index in [-0.39, 0.29) is 12.1 Å². The number of rotatable bonds is 9. The van der Waals surface area contributed by atoms with Crippen LogP contribution in [0.25, 0.3) is 0 Å². The molecule has 158 valence electrons. The molecule has 0 amide bonds. The van der Waals surface area contributed by atoms with E-state index < -0.39 is 0 Å². The highest BCUT2D eigenvalue weighted by molar-refractivity contribution is 5.80. The molecule has 7 nitrogen and oxygen atoms in total. The lowest BCUT2D eigenvalue weighted by Crippen LogP contribution is -2.43. The number of likely N-dealkylation sites (N-methyl/N-ethyl adjacent to an activating group) is 1. The minimum Gasteiger partial charge on any atom is -0.490 e. The molecule has 1 aromatic carbocycles. The third-order valence-electron chi connectivity index (χ3n) is 4.56. The Morgan fingerprint density at radius 2 is 2.00 bits per heavy atom. The summed E-state index contributed by atoms with van der Waals surface area (Å²) in [6.45, 7) is 13.4. The van der Waals surface area contributed by atoms with Crippen molar-refractivity contribution in [2.24, 2.45) is 4.99 Å². The Kier molecular flexibility index (Phi) is 9.37. The summed E-state index contributed by atoms with van der Waals surface area (Å²) in [5.74, 6) is 2.34. The van der Waals surface area contributed by atoms with Crippen LogP contribution < -0.4 is 20.1 Å². The summed E-state index contributed by atoms with van der Waals surface area (Å²) in [6, 6.07) is 6.14. The van der Waals surface area contributed by atoms with E-state index in [0.717, 1.165) is 49.3 Å². The fraction of sp³-hybridized carbons (Fsp3) is 0.667. The second-order valence-corrected chi connectivity index (χ2v) is 6.91. The SMILES string of the molecule is CCNC(=NCC1CN(C)CCO1)NC(C)c1ccc(OCC)c(OCC)c1. The van der Waals surface area contributed by atoms with Crippen molar-refractivity contribution in [3.8, 4) is 11.5 Å². The number of nitrogens with one attached hydrogen (secondary N) is 2. The average Bonchev–Trinajstić information content (AvgIpc) is 2.68. The molecule has 2 atom stereocenters. The third-order valence-corrected chi connectivity index (χ3v) is 4.56. The smallest absolute Gasteiger partial charge is 0.191 e. The molecule has 0 saturated carbocycles. The van der Waals surface area contributed by atoms with E-state index in [2.05, 4.69) is 42.5 Å². The lowest BCUT2D eigenvalue weighted by atomic mass is 10.1. The second-order valence-electron chi connectivity index (χ2n) is 6.91. The number of guanidine groups is 1. The molecule has 28 heavy (non-hydrogen) atoms. The van der Waals surface area contributed by atoms with Gasteiger partial charge >= 0.3 is 0 Å². The van der Waals surface area contributed by atoms with E-state index in [1.807, 2.05) is 26.0 Å². The predicted molar refractivity (Wildman–Crippen MR) is 114 cm³/mol. The van der Waals surface area contributed by atoms with Crippen LogP contribution in [0.2, 0.25) is 0 Å². The third kappa shape index (κ3) is 6.87. The van der Waals surface area contributed by atoms with Gasteiger partial charge in [0.05, 0.1) is 38.5 Å². The summed E-state index contributed by atoms with van der Waals surface area (Å²) in [5.41, 5.74) is 1.12. The molecule has 1 aliphatic rings. The highest BCUT2D eigenvalue weighted by Crippen LogP contribution is 2.30. The maximum absolute atomic E-state index is 5.81. The van der Waals surface area contributed by atoms with Crippen molar-refractivity contribution in [2.75, 3.05) is 53.0 Å². The van der Waals surface area contributed by atoms with Gasteiger partial charge in [0.1, 0.15) is 0 Å². The molecular formula is C21H36N4O3. The molecule has 2 N–H and O–H groups in total. The Balaban J connectivity index is 2.05. The van der Waals surface area contributed by atoms with Gasteiger partial charge in [-0.05, 0) is 52.4 Å². The van der Waals surface area contributed by atoms with Crippen LogP contribution in [0.3, 0.4) is 0 Å². The highest BCUT2D eigenvalue weighted by atomic mass is 16.5. The van der Waals surface area contributed by atoms with Crippen LogP contribution in [-0.4, -0.2) is 70.0 Å². The minimum absolute atomic E-state index is 0.0719. The van der Waals surface area contributed by atoms with Crippen molar-refractivity contribution < 1.29 is 14.2 Å². The van der Waals surface area contributed by atoms with Crippen LogP contribution in [0, 0.1) is 0 Å². The van der Waals surface area contributed by atoms with Crippen LogP contribution in [-0.2, 0) is 4.74 Å². The van der Waals surface area contributed by atoms with Crippen molar-refractivity contribution in [3.05, 3.63) is 23.8 Å². The standard InChI is InChI=1S/C21H36N4O3/c1-6-22-21(23-14-18-15-25(5)11-12-28-18)24-16(4)17-9-10-19(26-7-2)20(13-17)27-8-3/h9-10,13,16,18H,6-8,11-12,14-15H2,1-5H3,(H2,22,23,24). The summed E-state index contributed by atoms with van der Waals surface area (Å²) in [5, 5.41) is 6.80. The largest absolute Gasteiger partial charge is 0.490 e. The summed E-state index contributed by atoms with van der Waals surface area (Å²) in [4.78, 5) is 7.01. The quantitative estimate of drug-likeness (QED) is 0.497. The topological polar surface area (TPSA) is 67.4 Å². The second kappa shape index (κ2) is 11.8. The van der Waals surface area contributed by atoms with E-state index in [1.54, 1.807) is 0 Å². The molecule has 0 aromatic heterocycles. The monoisotopic (exact) mass is 392 g/mol. The molecule has 1 fully saturated rings. The Bertz CT molecular complexity index is 624. The lowest BCUT2D eigenvalue weighted by Gasteiger charge is -2.29. The first-order chi connectivity index (χ1) is 13.6. The Morgan fingerprint density at radius 3 is 2.68 bits per heavy atom. The molecule has 1 aliphatic heterocycles. The van der Waals surface area contributed by atoms with Crippen molar-refractivity contribution in [1.29, 1.82) is 0 Å². The molecule has 2 unspecified atom stereocenters. The molecule has 1 aromatic rings. The summed E-state index contributed by atoms with van der Waals surface area (Å²) >= 11 is 0. The van der Waals surface area contributed by atoms with Crippen LogP contribution in [0.15, 0.2) is 23.2 Å². The number of hydrogen-bond donors (Lipinski definition) is 2. The zero-order chi connectivity index (χ0) is 20.4. The van der Waals surface area contributed by atoms with Crippen molar-refractivity contribution in [3.63, 3.8) is 0 Å². The van der Waals surface area contributed by atoms with E-state index >= 15 is 0 Å². The summed E-state index contributed by atoms with van der Waals surface area (Å²) in [7, 11) is 2.12. The van der Waals surface area contributed by atoms with Crippen LogP contribution in [0.4, 0.5) is 0 Å². The number of hydrogen-bond acceptors (Lipinski definition) is 5. The van der Waals surface area contributed by atoms with E-state index in [4.69, 9.17) is 19.2 Å². The average molecular weight is 393 g/mol. The minimum atomic E-state index is 0.0719. The summed E-state index contributed by atoms with van der Waals surface area (Å²) < 4.78 is 17.2. The fourth-order valence-corrected chi connectivity index (χ4v) is 3.12. The lowest BCUT2D eigenvalue weighted by molar-refractivity contribution is -0.0136. The van der Waals surface area contributed by atoms with Gasteiger partial charge in [-0.15, -0.1) is 0 Å². The number of benzene rings is 1. The van der Waals surface area contributed by atoms with Crippen LogP contribution in [0.5, 0.6) is 11.5 Å². The van der Waals surface area contributed by atoms with Gasteiger partial charge in [0.25, 0.3) is 0 Å². The Labute approximate surface area is 169 Å². The maximum Gasteiger partial charge on any atom is 0.191 e. The summed E-state index contributed by atoms with van der Waals surface area (Å²) in [6.07, 6.45) is 0.138. The van der Waals surface area contributed by atoms with E-state index in [0.29, 0.717) is 19.8 Å². The predicted octanol–water partition coefficient (Wildman–Crippen LogP) is 2.43. The molecule has 0 radical (unpaired) electrons. The molecule has 2 rings (SSSR count). The van der Waals surface area contributed by atoms with Gasteiger partial charge in [-0.3, -0.25) is 4.99 Å². The molecule has 0 bridgehead atoms. The van der Waals surface area contributed by atoms with Gasteiger partial charge in [-0.1, -0.05) is 6.07 Å². The van der Waals surface area contributed by atoms with Gasteiger partial charge in [-0.25, -0.2) is 0 Å². The van der Waals surface area contributed by atoms with E-state index in [1.165, 1.54) is 0 Å². The first-order valence-electron chi connectivity index (χ1n) is 10.3. The molecule has 1 saturated heterocycles. The van der Waals surface area contributed by atoms with Gasteiger partial charge < -0.3 is 29.7 Å². The molecular weight excluding hydrogens is 356 g/mol. The van der Waals surface area contributed by atoms with Gasteiger partial charge in [0.15, 0.2) is 17.5 Å². The molecule has 7 heteroatoms. The molecule has 1 heterocycles. The molecule has 0 aliphatic carbocycles. The first kappa shape index (κ1) is 22.3. The maximum atomic E-state index is 5.81. The molecule has 0 spiro atoms. The highest BCUT2D eigenvalue weighted by Gasteiger charge is 2.18. The number of nitrogens with zero attached hydrogens (tertiary/aromatic N) is 2. The van der Waals surface area contributed by atoms with Crippen LogP contribution in [0.1, 0.15) is 39.3 Å². The van der Waals surface area contributed by atoms with Gasteiger partial charge in [0, 0.05) is 19.6 Å². The number of aliphatic imine (C=N–C) groups is 1. The van der Waals surface area contributed by atoms with E-state index in [9.17, 15) is 0 Å². The Hall–Kier alpha value is -1.99. The van der Waals surface area contributed by atoms with Gasteiger partial charge in [-0.2, -0.15) is 0 Å². The number of morpholine rings is 1.